The van der Waals surface area contributed by atoms with E-state index in [4.69, 9.17) is 9.63 Å². The third kappa shape index (κ3) is 4.44. The van der Waals surface area contributed by atoms with E-state index >= 15 is 0 Å². The maximum absolute atomic E-state index is 12.4. The number of rotatable bonds is 8. The average Bonchev–Trinajstić information content (AvgIpc) is 3.30. The van der Waals surface area contributed by atoms with Crippen LogP contribution in [0.15, 0.2) is 40.9 Å². The molecule has 0 aliphatic heterocycles. The maximum atomic E-state index is 12.4. The van der Waals surface area contributed by atoms with E-state index in [0.717, 1.165) is 24.1 Å². The Labute approximate surface area is 139 Å². The van der Waals surface area contributed by atoms with Crippen LogP contribution >= 0.6 is 0 Å². The van der Waals surface area contributed by atoms with Crippen LogP contribution in [-0.4, -0.2) is 28.2 Å². The van der Waals surface area contributed by atoms with E-state index in [0.29, 0.717) is 18.8 Å². The SMILES string of the molecule is O=C(O)CCC(Cc1ccccc1)NC(=O)c1cc(C2CC2)no1. The molecular formula is C18H20N2O4. The van der Waals surface area contributed by atoms with Gasteiger partial charge in [-0.2, -0.15) is 0 Å². The second-order valence-electron chi connectivity index (χ2n) is 6.18. The van der Waals surface area contributed by atoms with E-state index in [-0.39, 0.29) is 24.1 Å². The molecule has 6 nitrogen and oxygen atoms in total. The highest BCUT2D eigenvalue weighted by atomic mass is 16.5. The Hall–Kier alpha value is -2.63. The Bertz CT molecular complexity index is 707. The summed E-state index contributed by atoms with van der Waals surface area (Å²) in [5.74, 6) is -0.619. The van der Waals surface area contributed by atoms with Crippen molar-refractivity contribution in [3.05, 3.63) is 53.4 Å². The lowest BCUT2D eigenvalue weighted by Gasteiger charge is -2.17. The first-order valence-electron chi connectivity index (χ1n) is 8.15. The van der Waals surface area contributed by atoms with Gasteiger partial charge in [0, 0.05) is 24.4 Å². The highest BCUT2D eigenvalue weighted by molar-refractivity contribution is 5.91. The average molecular weight is 328 g/mol. The van der Waals surface area contributed by atoms with Crippen molar-refractivity contribution in [2.75, 3.05) is 0 Å². The first kappa shape index (κ1) is 16.2. The largest absolute Gasteiger partial charge is 0.481 e. The number of benzene rings is 1. The molecule has 2 N–H and O–H groups in total. The summed E-state index contributed by atoms with van der Waals surface area (Å²) in [5, 5.41) is 15.7. The zero-order chi connectivity index (χ0) is 16.9. The van der Waals surface area contributed by atoms with Crippen molar-refractivity contribution in [1.29, 1.82) is 0 Å². The number of carbonyl (C=O) groups is 2. The van der Waals surface area contributed by atoms with Gasteiger partial charge in [-0.25, -0.2) is 0 Å². The van der Waals surface area contributed by atoms with Gasteiger partial charge in [-0.1, -0.05) is 35.5 Å². The minimum atomic E-state index is -0.877. The van der Waals surface area contributed by atoms with Crippen molar-refractivity contribution in [1.82, 2.24) is 10.5 Å². The Kier molecular flexibility index (Phi) is 4.93. The summed E-state index contributed by atoms with van der Waals surface area (Å²) in [5.41, 5.74) is 1.87. The number of aromatic nitrogens is 1. The summed E-state index contributed by atoms with van der Waals surface area (Å²) in [4.78, 5) is 23.2. The van der Waals surface area contributed by atoms with Crippen LogP contribution < -0.4 is 5.32 Å². The summed E-state index contributed by atoms with van der Waals surface area (Å²) in [7, 11) is 0. The van der Waals surface area contributed by atoms with E-state index < -0.39 is 5.97 Å². The van der Waals surface area contributed by atoms with Gasteiger partial charge in [-0.3, -0.25) is 9.59 Å². The van der Waals surface area contributed by atoms with Gasteiger partial charge >= 0.3 is 5.97 Å². The van der Waals surface area contributed by atoms with Gasteiger partial charge in [0.1, 0.15) is 0 Å². The third-order valence-corrected chi connectivity index (χ3v) is 4.11. The first-order chi connectivity index (χ1) is 11.6. The number of amides is 1. The summed E-state index contributed by atoms with van der Waals surface area (Å²) >= 11 is 0. The number of carboxylic acids is 1. The summed E-state index contributed by atoms with van der Waals surface area (Å²) < 4.78 is 5.13. The number of carbonyl (C=O) groups excluding carboxylic acids is 1. The molecule has 3 rings (SSSR count). The van der Waals surface area contributed by atoms with Crippen LogP contribution in [0.1, 0.15) is 53.4 Å². The summed E-state index contributed by atoms with van der Waals surface area (Å²) in [6, 6.07) is 11.1. The van der Waals surface area contributed by atoms with Gasteiger partial charge in [0.25, 0.3) is 5.91 Å². The standard InChI is InChI=1S/C18H20N2O4/c21-17(22)9-8-14(10-12-4-2-1-3-5-12)19-18(23)16-11-15(20-24-16)13-6-7-13/h1-5,11,13-14H,6-10H2,(H,19,23)(H,21,22). The van der Waals surface area contributed by atoms with E-state index in [1.165, 1.54) is 0 Å². The summed E-state index contributed by atoms with van der Waals surface area (Å²) in [6.45, 7) is 0. The normalized spacial score (nSPS) is 15.0. The van der Waals surface area contributed by atoms with E-state index in [9.17, 15) is 9.59 Å². The Morgan fingerprint density at radius 1 is 1.29 bits per heavy atom. The quantitative estimate of drug-likeness (QED) is 0.777. The molecule has 24 heavy (non-hydrogen) atoms. The molecule has 0 spiro atoms. The molecule has 1 fully saturated rings. The fourth-order valence-electron chi connectivity index (χ4n) is 2.65. The van der Waals surface area contributed by atoms with Gasteiger partial charge in [0.15, 0.2) is 0 Å². The Balaban J connectivity index is 1.64. The van der Waals surface area contributed by atoms with E-state index in [1.807, 2.05) is 30.3 Å². The summed E-state index contributed by atoms with van der Waals surface area (Å²) in [6.07, 6.45) is 3.11. The van der Waals surface area contributed by atoms with Crippen LogP contribution in [0.5, 0.6) is 0 Å². The maximum Gasteiger partial charge on any atom is 0.303 e. The molecule has 126 valence electrons. The minimum Gasteiger partial charge on any atom is -0.481 e. The second-order valence-corrected chi connectivity index (χ2v) is 6.18. The van der Waals surface area contributed by atoms with Crippen LogP contribution in [-0.2, 0) is 11.2 Å². The molecule has 1 heterocycles. The smallest absolute Gasteiger partial charge is 0.303 e. The monoisotopic (exact) mass is 328 g/mol. The topological polar surface area (TPSA) is 92.4 Å². The predicted octanol–water partition coefficient (Wildman–Crippen LogP) is 2.76. The zero-order valence-electron chi connectivity index (χ0n) is 13.3. The molecule has 1 aromatic heterocycles. The van der Waals surface area contributed by atoms with Crippen molar-refractivity contribution >= 4 is 11.9 Å². The molecule has 1 saturated carbocycles. The van der Waals surface area contributed by atoms with Gasteiger partial charge < -0.3 is 14.9 Å². The van der Waals surface area contributed by atoms with Crippen molar-refractivity contribution in [3.8, 4) is 0 Å². The molecule has 2 aromatic rings. The highest BCUT2D eigenvalue weighted by Crippen LogP contribution is 2.39. The molecule has 0 bridgehead atoms. The lowest BCUT2D eigenvalue weighted by molar-refractivity contribution is -0.137. The van der Waals surface area contributed by atoms with Crippen molar-refractivity contribution < 1.29 is 19.2 Å². The number of aliphatic carboxylic acids is 1. The first-order valence-corrected chi connectivity index (χ1v) is 8.15. The van der Waals surface area contributed by atoms with Crippen LogP contribution in [0, 0.1) is 0 Å². The number of nitrogens with zero attached hydrogens (tertiary/aromatic N) is 1. The van der Waals surface area contributed by atoms with Crippen LogP contribution in [0.3, 0.4) is 0 Å². The molecule has 1 atom stereocenters. The van der Waals surface area contributed by atoms with Crippen LogP contribution in [0.25, 0.3) is 0 Å². The van der Waals surface area contributed by atoms with Crippen molar-refractivity contribution in [3.63, 3.8) is 0 Å². The fourth-order valence-corrected chi connectivity index (χ4v) is 2.65. The van der Waals surface area contributed by atoms with Crippen LogP contribution in [0.2, 0.25) is 0 Å². The lowest BCUT2D eigenvalue weighted by atomic mass is 10.0. The Morgan fingerprint density at radius 3 is 2.71 bits per heavy atom. The number of hydrogen-bond donors (Lipinski definition) is 2. The zero-order valence-corrected chi connectivity index (χ0v) is 13.3. The molecule has 6 heteroatoms. The lowest BCUT2D eigenvalue weighted by Crippen LogP contribution is -2.36. The van der Waals surface area contributed by atoms with Crippen LogP contribution in [0.4, 0.5) is 0 Å². The predicted molar refractivity (Wildman–Crippen MR) is 86.7 cm³/mol. The molecule has 1 aliphatic rings. The number of nitrogens with one attached hydrogen (secondary N) is 1. The fraction of sp³-hybridized carbons (Fsp3) is 0.389. The van der Waals surface area contributed by atoms with Crippen molar-refractivity contribution in [2.45, 2.75) is 44.1 Å². The van der Waals surface area contributed by atoms with E-state index in [2.05, 4.69) is 10.5 Å². The molecule has 1 aromatic carbocycles. The van der Waals surface area contributed by atoms with Gasteiger partial charge in [0.2, 0.25) is 5.76 Å². The Morgan fingerprint density at radius 2 is 2.04 bits per heavy atom. The molecular weight excluding hydrogens is 308 g/mol. The molecule has 1 unspecified atom stereocenters. The second kappa shape index (κ2) is 7.29. The molecule has 0 saturated heterocycles. The highest BCUT2D eigenvalue weighted by Gasteiger charge is 2.28. The van der Waals surface area contributed by atoms with E-state index in [1.54, 1.807) is 6.07 Å². The number of hydrogen-bond acceptors (Lipinski definition) is 4. The minimum absolute atomic E-state index is 0.00150. The number of carboxylic acid groups (broad SMARTS) is 1. The molecule has 1 aliphatic carbocycles. The van der Waals surface area contributed by atoms with Gasteiger partial charge in [-0.05, 0) is 31.2 Å². The van der Waals surface area contributed by atoms with Crippen molar-refractivity contribution in [2.24, 2.45) is 0 Å². The molecule has 0 radical (unpaired) electrons. The van der Waals surface area contributed by atoms with Gasteiger partial charge in [-0.15, -0.1) is 0 Å². The third-order valence-electron chi connectivity index (χ3n) is 4.11. The molecule has 1 amide bonds. The van der Waals surface area contributed by atoms with Gasteiger partial charge in [0.05, 0.1) is 5.69 Å².